The number of hydrogen-bond donors (Lipinski definition) is 1. The molecular formula is C14H16ClNS. The second-order valence-corrected chi connectivity index (χ2v) is 5.78. The van der Waals surface area contributed by atoms with Crippen LogP contribution in [0.1, 0.15) is 33.2 Å². The number of nitrogens with two attached hydrogens (primary N) is 1. The van der Waals surface area contributed by atoms with Crippen LogP contribution < -0.4 is 5.73 Å². The van der Waals surface area contributed by atoms with Gasteiger partial charge in [-0.3, -0.25) is 0 Å². The van der Waals surface area contributed by atoms with Gasteiger partial charge in [0.25, 0.3) is 0 Å². The van der Waals surface area contributed by atoms with E-state index in [4.69, 9.17) is 17.3 Å². The number of halogens is 1. The van der Waals surface area contributed by atoms with Crippen LogP contribution in [0.15, 0.2) is 23.6 Å². The second-order valence-electron chi connectivity index (χ2n) is 4.42. The van der Waals surface area contributed by atoms with Gasteiger partial charge in [-0.05, 0) is 48.9 Å². The zero-order chi connectivity index (χ0) is 12.6. The van der Waals surface area contributed by atoms with Gasteiger partial charge in [0.2, 0.25) is 0 Å². The summed E-state index contributed by atoms with van der Waals surface area (Å²) >= 11 is 7.77. The van der Waals surface area contributed by atoms with Crippen LogP contribution in [-0.2, 0) is 0 Å². The quantitative estimate of drug-likeness (QED) is 0.857. The Hall–Kier alpha value is -0.830. The number of aryl methyl sites for hydroxylation is 3. The molecular weight excluding hydrogens is 250 g/mol. The van der Waals surface area contributed by atoms with Crippen LogP contribution in [0.3, 0.4) is 0 Å². The van der Waals surface area contributed by atoms with Gasteiger partial charge >= 0.3 is 0 Å². The number of thiophene rings is 1. The highest BCUT2D eigenvalue weighted by Gasteiger charge is 2.18. The molecule has 1 unspecified atom stereocenters. The molecule has 1 heterocycles. The number of hydrogen-bond acceptors (Lipinski definition) is 2. The summed E-state index contributed by atoms with van der Waals surface area (Å²) < 4.78 is 0. The van der Waals surface area contributed by atoms with Crippen molar-refractivity contribution in [2.24, 2.45) is 5.73 Å². The highest BCUT2D eigenvalue weighted by atomic mass is 35.5. The molecule has 0 saturated heterocycles. The standard InChI is InChI=1S/C14H16ClNS/c1-8-6-9(2)12(10(3)7-8)13(16)14-11(15)4-5-17-14/h4-7,13H,16H2,1-3H3. The molecule has 0 spiro atoms. The summed E-state index contributed by atoms with van der Waals surface area (Å²) in [5, 5.41) is 2.75. The summed E-state index contributed by atoms with van der Waals surface area (Å²) in [5.74, 6) is 0. The van der Waals surface area contributed by atoms with Gasteiger partial charge < -0.3 is 5.73 Å². The molecule has 0 radical (unpaired) electrons. The molecule has 0 bridgehead atoms. The third-order valence-electron chi connectivity index (χ3n) is 2.98. The first-order chi connectivity index (χ1) is 8.00. The van der Waals surface area contributed by atoms with Crippen LogP contribution in [0.4, 0.5) is 0 Å². The summed E-state index contributed by atoms with van der Waals surface area (Å²) in [6.45, 7) is 6.32. The van der Waals surface area contributed by atoms with Gasteiger partial charge in [0.1, 0.15) is 0 Å². The van der Waals surface area contributed by atoms with Crippen molar-refractivity contribution in [2.45, 2.75) is 26.8 Å². The Bertz CT molecular complexity index is 522. The Morgan fingerprint density at radius 1 is 1.18 bits per heavy atom. The summed E-state index contributed by atoms with van der Waals surface area (Å²) in [7, 11) is 0. The lowest BCUT2D eigenvalue weighted by Gasteiger charge is -2.17. The lowest BCUT2D eigenvalue weighted by Crippen LogP contribution is -2.14. The van der Waals surface area contributed by atoms with Crippen molar-refractivity contribution in [3.05, 3.63) is 55.7 Å². The van der Waals surface area contributed by atoms with E-state index in [0.29, 0.717) is 0 Å². The third-order valence-corrected chi connectivity index (χ3v) is 4.42. The van der Waals surface area contributed by atoms with Gasteiger partial charge in [-0.25, -0.2) is 0 Å². The lowest BCUT2D eigenvalue weighted by atomic mass is 9.94. The average molecular weight is 266 g/mol. The molecule has 0 fully saturated rings. The fourth-order valence-corrected chi connectivity index (χ4v) is 3.52. The normalized spacial score (nSPS) is 12.8. The van der Waals surface area contributed by atoms with Gasteiger partial charge in [0, 0.05) is 4.88 Å². The molecule has 2 aromatic rings. The molecule has 0 aliphatic heterocycles. The lowest BCUT2D eigenvalue weighted by molar-refractivity contribution is 0.870. The summed E-state index contributed by atoms with van der Waals surface area (Å²) in [4.78, 5) is 1.04. The fraction of sp³-hybridized carbons (Fsp3) is 0.286. The number of rotatable bonds is 2. The average Bonchev–Trinajstić information content (AvgIpc) is 2.62. The third kappa shape index (κ3) is 2.39. The maximum Gasteiger partial charge on any atom is 0.0666 e. The molecule has 2 rings (SSSR count). The van der Waals surface area contributed by atoms with E-state index in [-0.39, 0.29) is 6.04 Å². The Kier molecular flexibility index (Phi) is 3.57. The topological polar surface area (TPSA) is 26.0 Å². The summed E-state index contributed by atoms with van der Waals surface area (Å²) in [6.07, 6.45) is 0. The molecule has 1 atom stereocenters. The Labute approximate surface area is 111 Å². The molecule has 0 aliphatic rings. The Morgan fingerprint density at radius 2 is 1.76 bits per heavy atom. The molecule has 1 aromatic carbocycles. The van der Waals surface area contributed by atoms with Crippen LogP contribution in [-0.4, -0.2) is 0 Å². The molecule has 0 aliphatic carbocycles. The van der Waals surface area contributed by atoms with E-state index in [1.54, 1.807) is 11.3 Å². The highest BCUT2D eigenvalue weighted by Crippen LogP contribution is 2.34. The second kappa shape index (κ2) is 4.81. The van der Waals surface area contributed by atoms with Crippen molar-refractivity contribution in [3.8, 4) is 0 Å². The van der Waals surface area contributed by atoms with Crippen molar-refractivity contribution >= 4 is 22.9 Å². The highest BCUT2D eigenvalue weighted by molar-refractivity contribution is 7.10. The predicted octanol–water partition coefficient (Wildman–Crippen LogP) is 4.37. The zero-order valence-electron chi connectivity index (χ0n) is 10.3. The molecule has 0 amide bonds. The van der Waals surface area contributed by atoms with Gasteiger partial charge in [0.15, 0.2) is 0 Å². The van der Waals surface area contributed by atoms with E-state index in [9.17, 15) is 0 Å². The molecule has 1 aromatic heterocycles. The maximum atomic E-state index is 6.34. The smallest absolute Gasteiger partial charge is 0.0666 e. The molecule has 1 nitrogen and oxygen atoms in total. The monoisotopic (exact) mass is 265 g/mol. The van der Waals surface area contributed by atoms with Crippen LogP contribution in [0.25, 0.3) is 0 Å². The van der Waals surface area contributed by atoms with E-state index in [1.807, 2.05) is 11.4 Å². The predicted molar refractivity (Wildman–Crippen MR) is 76.0 cm³/mol. The first-order valence-corrected chi connectivity index (χ1v) is 6.82. The minimum atomic E-state index is -0.122. The molecule has 90 valence electrons. The molecule has 3 heteroatoms. The van der Waals surface area contributed by atoms with Crippen LogP contribution in [0.5, 0.6) is 0 Å². The van der Waals surface area contributed by atoms with Gasteiger partial charge in [-0.15, -0.1) is 11.3 Å². The van der Waals surface area contributed by atoms with E-state index in [2.05, 4.69) is 32.9 Å². The number of benzene rings is 1. The largest absolute Gasteiger partial charge is 0.320 e. The molecule has 0 saturated carbocycles. The minimum Gasteiger partial charge on any atom is -0.320 e. The maximum absolute atomic E-state index is 6.34. The van der Waals surface area contributed by atoms with Gasteiger partial charge in [-0.2, -0.15) is 0 Å². The van der Waals surface area contributed by atoms with Crippen LogP contribution in [0, 0.1) is 20.8 Å². The van der Waals surface area contributed by atoms with Gasteiger partial charge in [-0.1, -0.05) is 29.3 Å². The van der Waals surface area contributed by atoms with Crippen molar-refractivity contribution < 1.29 is 0 Å². The fourth-order valence-electron chi connectivity index (χ4n) is 2.34. The summed E-state index contributed by atoms with van der Waals surface area (Å²) in [6, 6.07) is 6.12. The zero-order valence-corrected chi connectivity index (χ0v) is 11.8. The van der Waals surface area contributed by atoms with Crippen LogP contribution >= 0.6 is 22.9 Å². The molecule has 17 heavy (non-hydrogen) atoms. The van der Waals surface area contributed by atoms with Crippen molar-refractivity contribution in [2.75, 3.05) is 0 Å². The Balaban J connectivity index is 2.51. The van der Waals surface area contributed by atoms with E-state index in [1.165, 1.54) is 22.3 Å². The Morgan fingerprint density at radius 3 is 2.24 bits per heavy atom. The molecule has 2 N–H and O–H groups in total. The van der Waals surface area contributed by atoms with Crippen LogP contribution in [0.2, 0.25) is 5.02 Å². The van der Waals surface area contributed by atoms with E-state index < -0.39 is 0 Å². The van der Waals surface area contributed by atoms with Crippen molar-refractivity contribution in [3.63, 3.8) is 0 Å². The SMILES string of the molecule is Cc1cc(C)c(C(N)c2sccc2Cl)c(C)c1. The first kappa shape index (κ1) is 12.6. The van der Waals surface area contributed by atoms with E-state index >= 15 is 0 Å². The van der Waals surface area contributed by atoms with Crippen molar-refractivity contribution in [1.29, 1.82) is 0 Å². The van der Waals surface area contributed by atoms with Crippen molar-refractivity contribution in [1.82, 2.24) is 0 Å². The summed E-state index contributed by atoms with van der Waals surface area (Å²) in [5.41, 5.74) is 11.3. The van der Waals surface area contributed by atoms with E-state index in [0.717, 1.165) is 9.90 Å². The first-order valence-electron chi connectivity index (χ1n) is 5.57. The van der Waals surface area contributed by atoms with Gasteiger partial charge in [0.05, 0.1) is 11.1 Å². The minimum absolute atomic E-state index is 0.122.